The Morgan fingerprint density at radius 1 is 0.463 bits per heavy atom. The van der Waals surface area contributed by atoms with Crippen molar-refractivity contribution in [2.24, 2.45) is 0 Å². The maximum Gasteiger partial charge on any atom is 0.472 e. The Hall–Kier alpha value is -3.07. The zero-order valence-electron chi connectivity index (χ0n) is 52.8. The Bertz CT molecular complexity index is 1690. The van der Waals surface area contributed by atoms with Crippen LogP contribution in [0.4, 0.5) is 0 Å². The topological polar surface area (TPSA) is 111 Å². The molecule has 0 aromatic rings. The second kappa shape index (κ2) is 59.1. The number of esters is 1. The van der Waals surface area contributed by atoms with Gasteiger partial charge in [-0.25, -0.2) is 4.57 Å². The van der Waals surface area contributed by atoms with Crippen molar-refractivity contribution in [3.8, 4) is 0 Å². The second-order valence-electron chi connectivity index (χ2n) is 23.3. The molecule has 9 nitrogen and oxygen atoms in total. The van der Waals surface area contributed by atoms with Crippen LogP contribution in [0.15, 0.2) is 97.2 Å². The smallest absolute Gasteiger partial charge is 0.456 e. The first-order valence-corrected chi connectivity index (χ1v) is 34.6. The molecule has 0 saturated carbocycles. The summed E-state index contributed by atoms with van der Waals surface area (Å²) in [4.78, 5) is 37.8. The first-order valence-electron chi connectivity index (χ1n) is 33.1. The number of nitrogens with one attached hydrogen (secondary N) is 1. The van der Waals surface area contributed by atoms with Gasteiger partial charge in [-0.1, -0.05) is 272 Å². The summed E-state index contributed by atoms with van der Waals surface area (Å²) in [6, 6.07) is -0.860. The van der Waals surface area contributed by atoms with E-state index in [-0.39, 0.29) is 31.5 Å². The number of unbranched alkanes of at least 4 members (excludes halogenated alkanes) is 31. The van der Waals surface area contributed by atoms with Crippen molar-refractivity contribution in [1.29, 1.82) is 0 Å². The third kappa shape index (κ3) is 59.5. The molecule has 0 aliphatic heterocycles. The van der Waals surface area contributed by atoms with Gasteiger partial charge in [-0.15, -0.1) is 0 Å². The Labute approximate surface area is 494 Å². The number of phosphoric ester groups is 1. The predicted octanol–water partition coefficient (Wildman–Crippen LogP) is 20.7. The molecule has 3 unspecified atom stereocenters. The van der Waals surface area contributed by atoms with Crippen molar-refractivity contribution in [2.45, 2.75) is 296 Å². The molecule has 0 radical (unpaired) electrons. The standard InChI is InChI=1S/C70H125N2O7P/c1-7-10-13-16-19-22-25-28-30-31-32-33-34-35-36-37-38-39-40-41-43-44-47-50-53-56-59-62-69(73)71-67(66-78-80(75,76)77-65-64-72(4,5)6)68(61-58-55-52-49-46-27-24-21-18-15-12-9-3)79-70(74)63-60-57-54-51-48-45-42-29-26-23-20-17-14-11-8-2/h11,14,17,19-20,22-23,26,28,30,32-33,35-36,58,61,67-68H,7-10,12-13,15-16,18,21,24-25,27,29,31,34,37-57,59-60,62-66H2,1-6H3,(H-,71,73,75,76)/p+1/b14-11+,20-17+,22-19-,26-23+,30-28-,33-32-,36-35-,61-58-. The van der Waals surface area contributed by atoms with Crippen molar-refractivity contribution >= 4 is 19.7 Å². The van der Waals surface area contributed by atoms with Crippen LogP contribution in [0.3, 0.4) is 0 Å². The average Bonchev–Trinajstić information content (AvgIpc) is 3.43. The fourth-order valence-electron chi connectivity index (χ4n) is 9.22. The van der Waals surface area contributed by atoms with E-state index in [0.717, 1.165) is 96.3 Å². The van der Waals surface area contributed by atoms with E-state index in [2.05, 4.69) is 111 Å². The van der Waals surface area contributed by atoms with Gasteiger partial charge in [0.25, 0.3) is 0 Å². The number of allylic oxidation sites excluding steroid dienone is 15. The molecule has 0 heterocycles. The lowest BCUT2D eigenvalue weighted by atomic mass is 10.0. The molecule has 0 rings (SSSR count). The van der Waals surface area contributed by atoms with Crippen LogP contribution < -0.4 is 5.32 Å². The van der Waals surface area contributed by atoms with Crippen LogP contribution in [0.1, 0.15) is 284 Å². The number of nitrogens with zero attached hydrogens (tertiary/aromatic N) is 1. The molecule has 462 valence electrons. The van der Waals surface area contributed by atoms with Crippen LogP contribution in [0.5, 0.6) is 0 Å². The Balaban J connectivity index is 5.09. The summed E-state index contributed by atoms with van der Waals surface area (Å²) in [5, 5.41) is 3.06. The van der Waals surface area contributed by atoms with E-state index >= 15 is 0 Å². The van der Waals surface area contributed by atoms with Crippen molar-refractivity contribution in [3.05, 3.63) is 97.2 Å². The van der Waals surface area contributed by atoms with E-state index in [1.165, 1.54) is 154 Å². The van der Waals surface area contributed by atoms with E-state index in [4.69, 9.17) is 13.8 Å². The summed E-state index contributed by atoms with van der Waals surface area (Å²) in [6.07, 6.45) is 79.8. The Kier molecular flexibility index (Phi) is 56.8. The average molecular weight is 1140 g/mol. The predicted molar refractivity (Wildman–Crippen MR) is 346 cm³/mol. The first kappa shape index (κ1) is 76.9. The van der Waals surface area contributed by atoms with Gasteiger partial charge in [0.05, 0.1) is 33.8 Å². The highest BCUT2D eigenvalue weighted by molar-refractivity contribution is 7.47. The summed E-state index contributed by atoms with van der Waals surface area (Å²) in [5.41, 5.74) is 0. The van der Waals surface area contributed by atoms with Gasteiger partial charge >= 0.3 is 13.8 Å². The van der Waals surface area contributed by atoms with Crippen LogP contribution in [0.2, 0.25) is 0 Å². The molecule has 0 bridgehead atoms. The maximum atomic E-state index is 13.6. The SMILES string of the molecule is CC/C=C/C=C/C=C/CCCCCCCCCC(=O)OC(/C=C\CCCCCCCCCCCC)C(COP(=O)(O)OCC[N+](C)(C)C)NC(=O)CCCCCCCCCCCCC/C=C\C/C=C\C/C=C\C/C=C\CCCCC. The highest BCUT2D eigenvalue weighted by Gasteiger charge is 2.30. The zero-order chi connectivity index (χ0) is 58.6. The van der Waals surface area contributed by atoms with Crippen molar-refractivity contribution in [1.82, 2.24) is 5.32 Å². The number of carbonyl (C=O) groups excluding carboxylic acids is 2. The van der Waals surface area contributed by atoms with E-state index in [0.29, 0.717) is 17.4 Å². The molecule has 80 heavy (non-hydrogen) atoms. The van der Waals surface area contributed by atoms with Gasteiger partial charge in [0, 0.05) is 12.8 Å². The molecule has 10 heteroatoms. The van der Waals surface area contributed by atoms with Gasteiger partial charge in [0.1, 0.15) is 19.3 Å². The fourth-order valence-corrected chi connectivity index (χ4v) is 9.95. The summed E-state index contributed by atoms with van der Waals surface area (Å²) < 4.78 is 30.7. The number of hydrogen-bond acceptors (Lipinski definition) is 6. The van der Waals surface area contributed by atoms with Crippen molar-refractivity contribution in [2.75, 3.05) is 40.9 Å². The van der Waals surface area contributed by atoms with Gasteiger partial charge in [-0.2, -0.15) is 0 Å². The largest absolute Gasteiger partial charge is 0.472 e. The molecular formula is C70H126N2O7P+. The lowest BCUT2D eigenvalue weighted by molar-refractivity contribution is -0.870. The number of ether oxygens (including phenoxy) is 1. The minimum atomic E-state index is -4.46. The summed E-state index contributed by atoms with van der Waals surface area (Å²) in [5.74, 6) is -0.523. The highest BCUT2D eigenvalue weighted by Crippen LogP contribution is 2.43. The number of amides is 1. The molecule has 1 amide bonds. The number of carbonyl (C=O) groups is 2. The van der Waals surface area contributed by atoms with E-state index < -0.39 is 20.0 Å². The quantitative estimate of drug-likeness (QED) is 0.0156. The van der Waals surface area contributed by atoms with Gasteiger partial charge in [-0.3, -0.25) is 18.6 Å². The zero-order valence-corrected chi connectivity index (χ0v) is 53.7. The van der Waals surface area contributed by atoms with Crippen molar-refractivity contribution < 1.29 is 37.3 Å². The highest BCUT2D eigenvalue weighted by atomic mass is 31.2. The molecule has 0 saturated heterocycles. The number of rotatable bonds is 59. The molecule has 0 aliphatic rings. The van der Waals surface area contributed by atoms with E-state index in [1.54, 1.807) is 0 Å². The van der Waals surface area contributed by atoms with Crippen LogP contribution in [0.25, 0.3) is 0 Å². The number of hydrogen-bond donors (Lipinski definition) is 2. The number of likely N-dealkylation sites (N-methyl/N-ethyl adjacent to an activating group) is 1. The number of quaternary nitrogens is 1. The molecule has 0 aromatic heterocycles. The third-order valence-corrected chi connectivity index (χ3v) is 15.3. The Morgan fingerprint density at radius 3 is 1.32 bits per heavy atom. The molecular weight excluding hydrogens is 1010 g/mol. The van der Waals surface area contributed by atoms with Gasteiger partial charge < -0.3 is 19.4 Å². The van der Waals surface area contributed by atoms with Crippen molar-refractivity contribution in [3.63, 3.8) is 0 Å². The normalized spacial score (nSPS) is 14.2. The molecule has 0 spiro atoms. The van der Waals surface area contributed by atoms with Crippen LogP contribution in [-0.2, 0) is 27.9 Å². The van der Waals surface area contributed by atoms with Crippen LogP contribution in [0, 0.1) is 0 Å². The van der Waals surface area contributed by atoms with E-state index in [9.17, 15) is 19.0 Å². The van der Waals surface area contributed by atoms with E-state index in [1.807, 2.05) is 33.3 Å². The van der Waals surface area contributed by atoms with Crippen LogP contribution in [-0.4, -0.2) is 74.3 Å². The summed E-state index contributed by atoms with van der Waals surface area (Å²) in [7, 11) is 1.48. The first-order chi connectivity index (χ1) is 38.9. The van der Waals surface area contributed by atoms with Gasteiger partial charge in [0.2, 0.25) is 5.91 Å². The molecule has 2 N–H and O–H groups in total. The fraction of sp³-hybridized carbons (Fsp3) is 0.743. The molecule has 3 atom stereocenters. The molecule has 0 aromatic carbocycles. The minimum absolute atomic E-state index is 0.0336. The lowest BCUT2D eigenvalue weighted by Crippen LogP contribution is -2.47. The maximum absolute atomic E-state index is 13.6. The minimum Gasteiger partial charge on any atom is -0.456 e. The van der Waals surface area contributed by atoms with Gasteiger partial charge in [-0.05, 0) is 96.0 Å². The molecule has 0 aliphatic carbocycles. The molecule has 0 fully saturated rings. The summed E-state index contributed by atoms with van der Waals surface area (Å²) >= 11 is 0. The van der Waals surface area contributed by atoms with Gasteiger partial charge in [0.15, 0.2) is 0 Å². The number of phosphoric acid groups is 1. The second-order valence-corrected chi connectivity index (χ2v) is 24.8. The Morgan fingerprint density at radius 2 is 0.850 bits per heavy atom. The third-order valence-electron chi connectivity index (χ3n) is 14.3. The summed E-state index contributed by atoms with van der Waals surface area (Å²) in [6.45, 7) is 6.85. The van der Waals surface area contributed by atoms with Crippen LogP contribution >= 0.6 is 7.82 Å². The lowest BCUT2D eigenvalue weighted by Gasteiger charge is -2.27. The monoisotopic (exact) mass is 1140 g/mol.